The van der Waals surface area contributed by atoms with Gasteiger partial charge in [-0.25, -0.2) is 9.49 Å². The van der Waals surface area contributed by atoms with Gasteiger partial charge in [0.25, 0.3) is 5.56 Å². The number of nitrogens with zero attached hydrogens (tertiary/aromatic N) is 4. The van der Waals surface area contributed by atoms with E-state index in [1.54, 1.807) is 30.1 Å². The molecule has 0 saturated carbocycles. The van der Waals surface area contributed by atoms with Gasteiger partial charge in [-0.05, 0) is 35.2 Å². The van der Waals surface area contributed by atoms with Gasteiger partial charge in [0.05, 0.1) is 28.5 Å². The molecule has 0 spiro atoms. The number of aromatic nitrogens is 4. The van der Waals surface area contributed by atoms with Crippen molar-refractivity contribution in [2.75, 3.05) is 0 Å². The van der Waals surface area contributed by atoms with Crippen LogP contribution in [0.5, 0.6) is 0 Å². The Labute approximate surface area is 181 Å². The molecule has 5 rings (SSSR count). The van der Waals surface area contributed by atoms with Crippen molar-refractivity contribution in [3.63, 3.8) is 0 Å². The normalized spacial score (nSPS) is 11.2. The molecule has 0 bridgehead atoms. The Balaban J connectivity index is 1.79. The number of nitrogens with one attached hydrogen (secondary N) is 1. The average molecular weight is 424 g/mol. The zero-order valence-electron chi connectivity index (χ0n) is 17.1. The number of nitriles is 1. The molecule has 0 amide bonds. The molecule has 2 heterocycles. The summed E-state index contributed by atoms with van der Waals surface area (Å²) in [6.07, 6.45) is 1.70. The third kappa shape index (κ3) is 2.95. The number of benzene rings is 3. The van der Waals surface area contributed by atoms with Crippen LogP contribution in [0.4, 0.5) is 4.39 Å². The molecule has 3 N–H and O–H groups in total. The van der Waals surface area contributed by atoms with Crippen molar-refractivity contribution in [2.45, 2.75) is 6.54 Å². The summed E-state index contributed by atoms with van der Waals surface area (Å²) < 4.78 is 15.6. The van der Waals surface area contributed by atoms with Gasteiger partial charge in [-0.3, -0.25) is 9.48 Å². The summed E-state index contributed by atoms with van der Waals surface area (Å²) in [5, 5.41) is 23.3. The lowest BCUT2D eigenvalue weighted by Gasteiger charge is -2.12. The molecular formula is C24H17FN6O. The second kappa shape index (κ2) is 7.41. The van der Waals surface area contributed by atoms with E-state index in [1.165, 1.54) is 12.1 Å². The number of rotatable bonds is 3. The summed E-state index contributed by atoms with van der Waals surface area (Å²) in [5.41, 5.74) is 9.38. The monoisotopic (exact) mass is 424 g/mol. The molecule has 2 aromatic heterocycles. The molecule has 0 radical (unpaired) electrons. The predicted octanol–water partition coefficient (Wildman–Crippen LogP) is 3.61. The van der Waals surface area contributed by atoms with Crippen molar-refractivity contribution in [3.05, 3.63) is 82.2 Å². The number of aryl methyl sites for hydroxylation is 1. The Kier molecular flexibility index (Phi) is 4.54. The van der Waals surface area contributed by atoms with Crippen LogP contribution in [-0.2, 0) is 13.6 Å². The van der Waals surface area contributed by atoms with Crippen LogP contribution in [-0.4, -0.2) is 20.0 Å². The summed E-state index contributed by atoms with van der Waals surface area (Å²) in [6.45, 7) is 0.172. The third-order valence-electron chi connectivity index (χ3n) is 5.66. The van der Waals surface area contributed by atoms with Crippen molar-refractivity contribution >= 4 is 21.5 Å². The first-order valence-electron chi connectivity index (χ1n) is 9.88. The molecule has 8 heteroatoms. The van der Waals surface area contributed by atoms with Gasteiger partial charge >= 0.3 is 0 Å². The summed E-state index contributed by atoms with van der Waals surface area (Å²) in [4.78, 5) is 12.2. The van der Waals surface area contributed by atoms with Gasteiger partial charge < -0.3 is 5.73 Å². The maximum Gasteiger partial charge on any atom is 0.272 e. The first-order valence-corrected chi connectivity index (χ1v) is 9.88. The number of halogens is 1. The zero-order valence-corrected chi connectivity index (χ0v) is 17.1. The van der Waals surface area contributed by atoms with Crippen LogP contribution in [0.2, 0.25) is 0 Å². The fourth-order valence-electron chi connectivity index (χ4n) is 4.12. The van der Waals surface area contributed by atoms with Crippen molar-refractivity contribution < 1.29 is 4.39 Å². The molecule has 0 unspecified atom stereocenters. The van der Waals surface area contributed by atoms with Gasteiger partial charge in [0.2, 0.25) is 0 Å². The molecule has 7 nitrogen and oxygen atoms in total. The van der Waals surface area contributed by atoms with Gasteiger partial charge in [0.1, 0.15) is 11.9 Å². The van der Waals surface area contributed by atoms with E-state index >= 15 is 0 Å². The molecule has 0 aliphatic carbocycles. The van der Waals surface area contributed by atoms with Crippen LogP contribution >= 0.6 is 0 Å². The third-order valence-corrected chi connectivity index (χ3v) is 5.66. The molecule has 0 aliphatic rings. The molecule has 3 aromatic carbocycles. The van der Waals surface area contributed by atoms with Crippen LogP contribution < -0.4 is 11.3 Å². The second-order valence-electron chi connectivity index (χ2n) is 7.46. The van der Waals surface area contributed by atoms with Crippen molar-refractivity contribution in [2.24, 2.45) is 12.8 Å². The lowest BCUT2D eigenvalue weighted by atomic mass is 9.93. The van der Waals surface area contributed by atoms with Crippen LogP contribution in [0.25, 0.3) is 43.9 Å². The van der Waals surface area contributed by atoms with E-state index in [9.17, 15) is 14.4 Å². The van der Waals surface area contributed by atoms with E-state index in [2.05, 4.69) is 21.4 Å². The Bertz CT molecular complexity index is 1630. The maximum absolute atomic E-state index is 13.9. The first kappa shape index (κ1) is 19.6. The largest absolute Gasteiger partial charge is 0.325 e. The average Bonchev–Trinajstić information content (AvgIpc) is 3.19. The van der Waals surface area contributed by atoms with Gasteiger partial charge in [-0.1, -0.05) is 24.3 Å². The smallest absolute Gasteiger partial charge is 0.272 e. The van der Waals surface area contributed by atoms with Crippen LogP contribution in [0.1, 0.15) is 11.3 Å². The molecule has 5 aromatic rings. The predicted molar refractivity (Wildman–Crippen MR) is 120 cm³/mol. The highest BCUT2D eigenvalue weighted by Crippen LogP contribution is 2.37. The highest BCUT2D eigenvalue weighted by Gasteiger charge is 2.19. The SMILES string of the molecule is Cn1ncc(-c2ccc3c(=O)[nH]nc(CN)c3c2)c1-c1ccc2ccc(F)cc2c1C#N. The van der Waals surface area contributed by atoms with Crippen LogP contribution in [0.15, 0.2) is 59.5 Å². The highest BCUT2D eigenvalue weighted by molar-refractivity contribution is 5.97. The van der Waals surface area contributed by atoms with Gasteiger partial charge in [-0.15, -0.1) is 0 Å². The Hall–Kier alpha value is -4.35. The molecule has 156 valence electrons. The van der Waals surface area contributed by atoms with E-state index in [1.807, 2.05) is 24.3 Å². The highest BCUT2D eigenvalue weighted by atomic mass is 19.1. The minimum absolute atomic E-state index is 0.172. The van der Waals surface area contributed by atoms with Crippen molar-refractivity contribution in [1.29, 1.82) is 5.26 Å². The van der Waals surface area contributed by atoms with E-state index in [4.69, 9.17) is 5.73 Å². The van der Waals surface area contributed by atoms with Crippen molar-refractivity contribution in [1.82, 2.24) is 20.0 Å². The van der Waals surface area contributed by atoms with Gasteiger partial charge in [0.15, 0.2) is 0 Å². The van der Waals surface area contributed by atoms with Gasteiger partial charge in [-0.2, -0.15) is 15.5 Å². The number of H-pyrrole nitrogens is 1. The number of nitrogens with two attached hydrogens (primary N) is 1. The van der Waals surface area contributed by atoms with Crippen molar-refractivity contribution in [3.8, 4) is 28.5 Å². The molecule has 0 fully saturated rings. The van der Waals surface area contributed by atoms with Crippen LogP contribution in [0, 0.1) is 17.1 Å². The van der Waals surface area contributed by atoms with E-state index in [-0.39, 0.29) is 12.1 Å². The molecule has 0 saturated heterocycles. The molecule has 0 atom stereocenters. The Morgan fingerprint density at radius 1 is 1.09 bits per heavy atom. The fourth-order valence-corrected chi connectivity index (χ4v) is 4.12. The van der Waals surface area contributed by atoms with Crippen LogP contribution in [0.3, 0.4) is 0 Å². The molecule has 32 heavy (non-hydrogen) atoms. The zero-order chi connectivity index (χ0) is 22.4. The Morgan fingerprint density at radius 2 is 1.91 bits per heavy atom. The fraction of sp³-hybridized carbons (Fsp3) is 0.0833. The molecular weight excluding hydrogens is 407 g/mol. The quantitative estimate of drug-likeness (QED) is 0.459. The summed E-state index contributed by atoms with van der Waals surface area (Å²) >= 11 is 0. The lowest BCUT2D eigenvalue weighted by Crippen LogP contribution is -2.13. The maximum atomic E-state index is 13.9. The number of hydrogen-bond donors (Lipinski definition) is 2. The topological polar surface area (TPSA) is 113 Å². The minimum Gasteiger partial charge on any atom is -0.325 e. The lowest BCUT2D eigenvalue weighted by molar-refractivity contribution is 0.629. The Morgan fingerprint density at radius 3 is 2.69 bits per heavy atom. The summed E-state index contributed by atoms with van der Waals surface area (Å²) in [5.74, 6) is -0.405. The van der Waals surface area contributed by atoms with E-state index < -0.39 is 5.82 Å². The van der Waals surface area contributed by atoms with Gasteiger partial charge in [0, 0.05) is 35.5 Å². The summed E-state index contributed by atoms with van der Waals surface area (Å²) in [6, 6.07) is 15.7. The standard InChI is InChI=1S/C24H17FN6O/c1-31-23(16-6-3-13-2-5-15(25)9-18(13)20(16)10-26)21(12-28-31)14-4-7-17-19(8-14)22(11-27)29-30-24(17)32/h2-9,12H,11,27H2,1H3,(H,30,32). The first-order chi connectivity index (χ1) is 15.5. The summed E-state index contributed by atoms with van der Waals surface area (Å²) in [7, 11) is 1.79. The number of hydrogen-bond acceptors (Lipinski definition) is 5. The van der Waals surface area contributed by atoms with E-state index in [0.717, 1.165) is 16.5 Å². The minimum atomic E-state index is -0.405. The molecule has 0 aliphatic heterocycles. The number of fused-ring (bicyclic) bond motifs is 2. The second-order valence-corrected chi connectivity index (χ2v) is 7.46. The van der Waals surface area contributed by atoms with E-state index in [0.29, 0.717) is 38.7 Å². The number of aromatic amines is 1.